The van der Waals surface area contributed by atoms with Gasteiger partial charge in [0, 0.05) is 42.5 Å². The highest BCUT2D eigenvalue weighted by molar-refractivity contribution is 7.10. The molecule has 0 bridgehead atoms. The minimum Gasteiger partial charge on any atom is -0.340 e. The molecular formula is C23H26N4O2S. The Morgan fingerprint density at radius 2 is 2.20 bits per heavy atom. The van der Waals surface area contributed by atoms with Crippen LogP contribution < -0.4 is 5.32 Å². The van der Waals surface area contributed by atoms with Gasteiger partial charge in [-0.05, 0) is 47.5 Å². The number of hydrogen-bond donors (Lipinski definition) is 1. The molecule has 0 unspecified atom stereocenters. The predicted octanol–water partition coefficient (Wildman–Crippen LogP) is 3.48. The van der Waals surface area contributed by atoms with Crippen molar-refractivity contribution in [2.45, 2.75) is 45.3 Å². The maximum absolute atomic E-state index is 13.2. The fraction of sp³-hybridized carbons (Fsp3) is 0.348. The molecule has 0 aliphatic carbocycles. The maximum Gasteiger partial charge on any atom is 0.251 e. The lowest BCUT2D eigenvalue weighted by atomic mass is 10.0. The van der Waals surface area contributed by atoms with Crippen molar-refractivity contribution in [1.29, 1.82) is 0 Å². The number of amides is 2. The number of aromatic nitrogens is 2. The smallest absolute Gasteiger partial charge is 0.251 e. The van der Waals surface area contributed by atoms with Gasteiger partial charge in [0.05, 0.1) is 6.33 Å². The fourth-order valence-electron chi connectivity index (χ4n) is 3.85. The molecule has 0 saturated carbocycles. The summed E-state index contributed by atoms with van der Waals surface area (Å²) >= 11 is 1.75. The molecule has 1 atom stereocenters. The van der Waals surface area contributed by atoms with E-state index in [4.69, 9.17) is 0 Å². The van der Waals surface area contributed by atoms with Crippen LogP contribution in [0, 0.1) is 0 Å². The number of carbonyl (C=O) groups is 2. The second-order valence-corrected chi connectivity index (χ2v) is 8.63. The highest BCUT2D eigenvalue weighted by atomic mass is 32.1. The first-order chi connectivity index (χ1) is 14.6. The fourth-order valence-corrected chi connectivity index (χ4v) is 4.74. The van der Waals surface area contributed by atoms with Crippen molar-refractivity contribution in [3.8, 4) is 0 Å². The van der Waals surface area contributed by atoms with Gasteiger partial charge in [0.2, 0.25) is 5.91 Å². The summed E-state index contributed by atoms with van der Waals surface area (Å²) in [6, 6.07) is 9.12. The van der Waals surface area contributed by atoms with Crippen LogP contribution in [0.1, 0.15) is 46.1 Å². The largest absolute Gasteiger partial charge is 0.340 e. The predicted molar refractivity (Wildman–Crippen MR) is 117 cm³/mol. The van der Waals surface area contributed by atoms with Crippen molar-refractivity contribution >= 4 is 23.2 Å². The Balaban J connectivity index is 1.44. The third-order valence-corrected chi connectivity index (χ3v) is 6.44. The normalized spacial score (nSPS) is 14.2. The Labute approximate surface area is 180 Å². The molecule has 3 aromatic rings. The van der Waals surface area contributed by atoms with Gasteiger partial charge in [0.25, 0.3) is 5.91 Å². The highest BCUT2D eigenvalue weighted by Gasteiger charge is 2.28. The molecule has 4 rings (SSSR count). The molecule has 1 aliphatic heterocycles. The number of nitrogens with one attached hydrogen (secondary N) is 1. The monoisotopic (exact) mass is 422 g/mol. The molecule has 30 heavy (non-hydrogen) atoms. The Morgan fingerprint density at radius 1 is 1.30 bits per heavy atom. The van der Waals surface area contributed by atoms with Gasteiger partial charge >= 0.3 is 0 Å². The quantitative estimate of drug-likeness (QED) is 0.634. The van der Waals surface area contributed by atoms with Crippen LogP contribution in [0.3, 0.4) is 0 Å². The number of benzene rings is 1. The lowest BCUT2D eigenvalue weighted by Crippen LogP contribution is -2.49. The van der Waals surface area contributed by atoms with E-state index in [1.165, 1.54) is 10.4 Å². The van der Waals surface area contributed by atoms with Crippen molar-refractivity contribution in [3.63, 3.8) is 0 Å². The van der Waals surface area contributed by atoms with E-state index in [9.17, 15) is 9.59 Å². The molecular weight excluding hydrogens is 396 g/mol. The Kier molecular flexibility index (Phi) is 6.28. The van der Waals surface area contributed by atoms with Crippen LogP contribution >= 0.6 is 11.3 Å². The van der Waals surface area contributed by atoms with Crippen LogP contribution in [0.15, 0.2) is 54.4 Å². The van der Waals surface area contributed by atoms with Gasteiger partial charge < -0.3 is 14.8 Å². The van der Waals surface area contributed by atoms with Crippen LogP contribution in [0.4, 0.5) is 0 Å². The average molecular weight is 423 g/mol. The van der Waals surface area contributed by atoms with Crippen molar-refractivity contribution < 1.29 is 9.59 Å². The molecule has 3 heterocycles. The Morgan fingerprint density at radius 3 is 3.00 bits per heavy atom. The van der Waals surface area contributed by atoms with E-state index >= 15 is 0 Å². The van der Waals surface area contributed by atoms with E-state index in [1.54, 1.807) is 29.9 Å². The number of carbonyl (C=O) groups excluding carboxylic acids is 2. The summed E-state index contributed by atoms with van der Waals surface area (Å²) in [6.45, 7) is 4.03. The molecule has 0 fully saturated rings. The van der Waals surface area contributed by atoms with Crippen LogP contribution in [-0.2, 0) is 24.3 Å². The first kappa shape index (κ1) is 20.3. The van der Waals surface area contributed by atoms with Gasteiger partial charge in [-0.2, -0.15) is 0 Å². The van der Waals surface area contributed by atoms with Crippen molar-refractivity contribution in [3.05, 3.63) is 76.0 Å². The average Bonchev–Trinajstić information content (AvgIpc) is 3.44. The third kappa shape index (κ3) is 4.62. The van der Waals surface area contributed by atoms with Gasteiger partial charge in [0.15, 0.2) is 0 Å². The second kappa shape index (κ2) is 9.26. The molecule has 0 radical (unpaired) electrons. The van der Waals surface area contributed by atoms with Crippen LogP contribution in [0.2, 0.25) is 0 Å². The molecule has 2 aromatic heterocycles. The zero-order valence-electron chi connectivity index (χ0n) is 17.1. The molecule has 1 aliphatic rings. The van der Waals surface area contributed by atoms with Gasteiger partial charge in [-0.15, -0.1) is 11.3 Å². The third-order valence-electron chi connectivity index (χ3n) is 5.41. The van der Waals surface area contributed by atoms with Crippen molar-refractivity contribution in [2.75, 3.05) is 6.54 Å². The highest BCUT2D eigenvalue weighted by Crippen LogP contribution is 2.24. The van der Waals surface area contributed by atoms with Gasteiger partial charge in [0.1, 0.15) is 6.04 Å². The van der Waals surface area contributed by atoms with Gasteiger partial charge in [-0.25, -0.2) is 4.98 Å². The van der Waals surface area contributed by atoms with E-state index in [1.807, 2.05) is 40.8 Å². The minimum absolute atomic E-state index is 0.0108. The van der Waals surface area contributed by atoms with Gasteiger partial charge in [-0.1, -0.05) is 25.5 Å². The number of imidazole rings is 1. The maximum atomic E-state index is 13.2. The molecule has 0 saturated heterocycles. The van der Waals surface area contributed by atoms with E-state index in [2.05, 4.69) is 21.7 Å². The van der Waals surface area contributed by atoms with Crippen molar-refractivity contribution in [1.82, 2.24) is 19.8 Å². The van der Waals surface area contributed by atoms with E-state index < -0.39 is 6.04 Å². The molecule has 7 heteroatoms. The second-order valence-electron chi connectivity index (χ2n) is 7.63. The Hall–Kier alpha value is -2.93. The van der Waals surface area contributed by atoms with Crippen LogP contribution in [0.25, 0.3) is 0 Å². The molecule has 1 aromatic carbocycles. The summed E-state index contributed by atoms with van der Waals surface area (Å²) in [5.41, 5.74) is 2.81. The summed E-state index contributed by atoms with van der Waals surface area (Å²) < 4.78 is 1.95. The lowest BCUT2D eigenvalue weighted by Gasteiger charge is -2.31. The zero-order chi connectivity index (χ0) is 20.9. The summed E-state index contributed by atoms with van der Waals surface area (Å²) in [7, 11) is 0. The molecule has 6 nitrogen and oxygen atoms in total. The first-order valence-electron chi connectivity index (χ1n) is 10.3. The van der Waals surface area contributed by atoms with Gasteiger partial charge in [-0.3, -0.25) is 9.59 Å². The lowest BCUT2D eigenvalue weighted by molar-refractivity contribution is -0.134. The summed E-state index contributed by atoms with van der Waals surface area (Å²) in [4.78, 5) is 33.4. The van der Waals surface area contributed by atoms with Crippen LogP contribution in [0.5, 0.6) is 0 Å². The summed E-state index contributed by atoms with van der Waals surface area (Å²) in [5, 5.41) is 5.07. The van der Waals surface area contributed by atoms with Crippen molar-refractivity contribution in [2.24, 2.45) is 0 Å². The van der Waals surface area contributed by atoms with E-state index in [-0.39, 0.29) is 11.8 Å². The summed E-state index contributed by atoms with van der Waals surface area (Å²) in [5.74, 6) is -0.195. The van der Waals surface area contributed by atoms with E-state index in [0.717, 1.165) is 18.4 Å². The standard InChI is InChI=1S/C23H26N4O2S/c1-2-4-20(23(29)27-10-7-21-19(15-27)8-12-30-21)25-22(28)18-6-3-5-17(13-18)14-26-11-9-24-16-26/h3,5-6,8-9,11-13,16,20H,2,4,7,10,14-15H2,1H3,(H,25,28)/t20-/m0/s1. The summed E-state index contributed by atoms with van der Waals surface area (Å²) in [6.07, 6.45) is 7.72. The molecule has 156 valence electrons. The minimum atomic E-state index is -0.500. The SMILES string of the molecule is CCC[C@H](NC(=O)c1cccc(Cn2ccnc2)c1)C(=O)N1CCc2sccc2C1. The molecule has 2 amide bonds. The first-order valence-corrected chi connectivity index (χ1v) is 11.2. The number of fused-ring (bicyclic) bond motifs is 1. The zero-order valence-corrected chi connectivity index (χ0v) is 17.9. The number of nitrogens with zero attached hydrogens (tertiary/aromatic N) is 3. The topological polar surface area (TPSA) is 67.2 Å². The number of rotatable bonds is 7. The number of thiophene rings is 1. The Bertz CT molecular complexity index is 1010. The van der Waals surface area contributed by atoms with Crippen LogP contribution in [-0.4, -0.2) is 38.9 Å². The molecule has 0 spiro atoms. The molecule has 1 N–H and O–H groups in total. The number of hydrogen-bond acceptors (Lipinski definition) is 4. The van der Waals surface area contributed by atoms with E-state index in [0.29, 0.717) is 31.6 Å².